The fourth-order valence-electron chi connectivity index (χ4n) is 3.25. The highest BCUT2D eigenvalue weighted by atomic mass is 32.2. The topological polar surface area (TPSA) is 83.5 Å². The van der Waals surface area contributed by atoms with Crippen LogP contribution in [0.1, 0.15) is 50.5 Å². The van der Waals surface area contributed by atoms with E-state index in [4.69, 9.17) is 0 Å². The molecule has 0 bridgehead atoms. The summed E-state index contributed by atoms with van der Waals surface area (Å²) in [6.07, 6.45) is 3.90. The Bertz CT molecular complexity index is 687. The fourth-order valence-corrected chi connectivity index (χ4v) is 4.98. The number of carbonyl (C=O) groups excluding carboxylic acids is 1. The molecule has 1 fully saturated rings. The predicted octanol–water partition coefficient (Wildman–Crippen LogP) is 1.75. The van der Waals surface area contributed by atoms with Gasteiger partial charge in [-0.15, -0.1) is 0 Å². The summed E-state index contributed by atoms with van der Waals surface area (Å²) in [7, 11) is -3.04. The van der Waals surface area contributed by atoms with Gasteiger partial charge in [0, 0.05) is 31.7 Å². The molecule has 2 rings (SSSR count). The summed E-state index contributed by atoms with van der Waals surface area (Å²) in [4.78, 5) is 25.1. The molecule has 1 saturated heterocycles. The molecule has 0 spiro atoms. The summed E-state index contributed by atoms with van der Waals surface area (Å²) < 4.78 is 23.5. The van der Waals surface area contributed by atoms with Crippen molar-refractivity contribution in [3.63, 3.8) is 0 Å². The van der Waals surface area contributed by atoms with Crippen LogP contribution in [-0.2, 0) is 9.84 Å². The molecular weight excluding hydrogens is 340 g/mol. The predicted molar refractivity (Wildman–Crippen MR) is 98.6 cm³/mol. The summed E-state index contributed by atoms with van der Waals surface area (Å²) in [5, 5.41) is 0. The van der Waals surface area contributed by atoms with Gasteiger partial charge in [-0.3, -0.25) is 4.79 Å². The van der Waals surface area contributed by atoms with Crippen LogP contribution in [0.25, 0.3) is 0 Å². The number of hydrogen-bond acceptors (Lipinski definition) is 6. The minimum Gasteiger partial charge on any atom is -0.357 e. The van der Waals surface area contributed by atoms with Crippen LogP contribution in [0.2, 0.25) is 0 Å². The monoisotopic (exact) mass is 368 g/mol. The van der Waals surface area contributed by atoms with E-state index in [1.54, 1.807) is 11.0 Å². The highest BCUT2D eigenvalue weighted by Gasteiger charge is 2.34. The van der Waals surface area contributed by atoms with Crippen molar-refractivity contribution in [2.75, 3.05) is 36.0 Å². The number of sulfone groups is 1. The molecule has 0 aliphatic carbocycles. The molecule has 1 aliphatic heterocycles. The number of anilines is 1. The van der Waals surface area contributed by atoms with Crippen LogP contribution in [0.15, 0.2) is 12.4 Å². The SMILES string of the molecule is CCCN(CCC)c1cc(C(=O)N(CC)C2CCS(=O)(=O)C2)ncn1. The van der Waals surface area contributed by atoms with E-state index in [0.717, 1.165) is 31.7 Å². The van der Waals surface area contributed by atoms with E-state index in [1.807, 2.05) is 6.92 Å². The third-order valence-corrected chi connectivity index (χ3v) is 6.18. The zero-order valence-electron chi connectivity index (χ0n) is 15.3. The quantitative estimate of drug-likeness (QED) is 0.695. The zero-order valence-corrected chi connectivity index (χ0v) is 16.1. The van der Waals surface area contributed by atoms with Gasteiger partial charge in [0.1, 0.15) is 17.8 Å². The van der Waals surface area contributed by atoms with Crippen molar-refractivity contribution in [3.05, 3.63) is 18.1 Å². The van der Waals surface area contributed by atoms with Crippen LogP contribution in [0, 0.1) is 0 Å². The van der Waals surface area contributed by atoms with E-state index in [-0.39, 0.29) is 23.5 Å². The van der Waals surface area contributed by atoms with Gasteiger partial charge >= 0.3 is 0 Å². The molecule has 1 aromatic rings. The Kier molecular flexibility index (Phi) is 6.75. The number of rotatable bonds is 8. The normalized spacial score (nSPS) is 18.9. The maximum atomic E-state index is 12.9. The molecule has 0 aromatic carbocycles. The molecular formula is C17H28N4O3S. The van der Waals surface area contributed by atoms with Crippen molar-refractivity contribution < 1.29 is 13.2 Å². The summed E-state index contributed by atoms with van der Waals surface area (Å²) in [5.41, 5.74) is 0.327. The Labute approximate surface area is 150 Å². The summed E-state index contributed by atoms with van der Waals surface area (Å²) in [6, 6.07) is 1.46. The molecule has 140 valence electrons. The molecule has 1 aromatic heterocycles. The van der Waals surface area contributed by atoms with Gasteiger partial charge < -0.3 is 9.80 Å². The van der Waals surface area contributed by atoms with Gasteiger partial charge in [0.25, 0.3) is 5.91 Å². The first-order valence-electron chi connectivity index (χ1n) is 9.00. The molecule has 8 heteroatoms. The van der Waals surface area contributed by atoms with Crippen LogP contribution in [0.3, 0.4) is 0 Å². The first-order valence-corrected chi connectivity index (χ1v) is 10.8. The Hall–Kier alpha value is -1.70. The van der Waals surface area contributed by atoms with Gasteiger partial charge in [-0.1, -0.05) is 13.8 Å². The number of carbonyl (C=O) groups is 1. The Morgan fingerprint density at radius 1 is 1.20 bits per heavy atom. The zero-order chi connectivity index (χ0) is 18.4. The van der Waals surface area contributed by atoms with E-state index < -0.39 is 9.84 Å². The standard InChI is InChI=1S/C17H28N4O3S/c1-4-8-20(9-5-2)16-11-15(18-13-19-16)17(22)21(6-3)14-7-10-25(23,24)12-14/h11,13-14H,4-10,12H2,1-3H3. The van der Waals surface area contributed by atoms with Crippen LogP contribution in [0.5, 0.6) is 0 Å². The van der Waals surface area contributed by atoms with Crippen molar-refractivity contribution in [1.82, 2.24) is 14.9 Å². The van der Waals surface area contributed by atoms with E-state index >= 15 is 0 Å². The maximum Gasteiger partial charge on any atom is 0.272 e. The lowest BCUT2D eigenvalue weighted by atomic mass is 10.2. The summed E-state index contributed by atoms with van der Waals surface area (Å²) >= 11 is 0. The Morgan fingerprint density at radius 3 is 2.40 bits per heavy atom. The Morgan fingerprint density at radius 2 is 1.88 bits per heavy atom. The van der Waals surface area contributed by atoms with E-state index in [1.165, 1.54) is 6.33 Å². The van der Waals surface area contributed by atoms with Crippen molar-refractivity contribution in [2.24, 2.45) is 0 Å². The summed E-state index contributed by atoms with van der Waals surface area (Å²) in [5.74, 6) is 0.720. The second-order valence-electron chi connectivity index (χ2n) is 6.40. The number of nitrogens with zero attached hydrogens (tertiary/aromatic N) is 4. The average Bonchev–Trinajstić information content (AvgIpc) is 2.95. The maximum absolute atomic E-state index is 12.9. The molecule has 0 saturated carbocycles. The molecule has 0 radical (unpaired) electrons. The van der Waals surface area contributed by atoms with Gasteiger partial charge in [-0.05, 0) is 26.2 Å². The minimum atomic E-state index is -3.04. The second-order valence-corrected chi connectivity index (χ2v) is 8.63. The third kappa shape index (κ3) is 4.90. The largest absolute Gasteiger partial charge is 0.357 e. The van der Waals surface area contributed by atoms with Crippen LogP contribution in [-0.4, -0.2) is 66.4 Å². The van der Waals surface area contributed by atoms with Gasteiger partial charge in [-0.25, -0.2) is 18.4 Å². The lowest BCUT2D eigenvalue weighted by Crippen LogP contribution is -2.41. The Balaban J connectivity index is 2.21. The molecule has 2 heterocycles. The van der Waals surface area contributed by atoms with Crippen molar-refractivity contribution >= 4 is 21.6 Å². The molecule has 25 heavy (non-hydrogen) atoms. The van der Waals surface area contributed by atoms with Crippen molar-refractivity contribution in [2.45, 2.75) is 46.1 Å². The second kappa shape index (κ2) is 8.60. The summed E-state index contributed by atoms with van der Waals surface area (Å²) in [6.45, 7) is 8.29. The van der Waals surface area contributed by atoms with Gasteiger partial charge in [0.05, 0.1) is 11.5 Å². The lowest BCUT2D eigenvalue weighted by Gasteiger charge is -2.27. The van der Waals surface area contributed by atoms with Crippen molar-refractivity contribution in [3.8, 4) is 0 Å². The smallest absolute Gasteiger partial charge is 0.272 e. The van der Waals surface area contributed by atoms with Gasteiger partial charge in [-0.2, -0.15) is 0 Å². The lowest BCUT2D eigenvalue weighted by molar-refractivity contribution is 0.0702. The molecule has 1 unspecified atom stereocenters. The molecule has 7 nitrogen and oxygen atoms in total. The number of amides is 1. The van der Waals surface area contributed by atoms with Crippen LogP contribution in [0.4, 0.5) is 5.82 Å². The highest BCUT2D eigenvalue weighted by molar-refractivity contribution is 7.91. The first kappa shape index (κ1) is 19.6. The third-order valence-electron chi connectivity index (χ3n) is 4.43. The van der Waals surface area contributed by atoms with Crippen molar-refractivity contribution in [1.29, 1.82) is 0 Å². The fraction of sp³-hybridized carbons (Fsp3) is 0.706. The highest BCUT2D eigenvalue weighted by Crippen LogP contribution is 2.20. The van der Waals surface area contributed by atoms with E-state index in [0.29, 0.717) is 18.7 Å². The number of hydrogen-bond donors (Lipinski definition) is 0. The van der Waals surface area contributed by atoms with Gasteiger partial charge in [0.2, 0.25) is 0 Å². The molecule has 1 aliphatic rings. The number of aromatic nitrogens is 2. The van der Waals surface area contributed by atoms with Crippen LogP contribution < -0.4 is 4.90 Å². The first-order chi connectivity index (χ1) is 11.9. The van der Waals surface area contributed by atoms with E-state index in [2.05, 4.69) is 28.7 Å². The minimum absolute atomic E-state index is 0.0440. The molecule has 1 amide bonds. The molecule has 1 atom stereocenters. The average molecular weight is 369 g/mol. The molecule has 0 N–H and O–H groups in total. The van der Waals surface area contributed by atoms with E-state index in [9.17, 15) is 13.2 Å². The van der Waals surface area contributed by atoms with Crippen LogP contribution >= 0.6 is 0 Å². The van der Waals surface area contributed by atoms with Gasteiger partial charge in [0.15, 0.2) is 9.84 Å².